The first kappa shape index (κ1) is 13.9. The van der Waals surface area contributed by atoms with Gasteiger partial charge < -0.3 is 15.5 Å². The molecule has 0 heterocycles. The average Bonchev–Trinajstić information content (AvgIpc) is 2.28. The van der Waals surface area contributed by atoms with Crippen molar-refractivity contribution < 1.29 is 10.2 Å². The molecule has 1 saturated carbocycles. The van der Waals surface area contributed by atoms with E-state index in [1.165, 1.54) is 32.1 Å². The molecule has 0 amide bonds. The van der Waals surface area contributed by atoms with E-state index in [4.69, 9.17) is 5.11 Å². The van der Waals surface area contributed by atoms with Gasteiger partial charge in [0, 0.05) is 12.1 Å². The zero-order valence-corrected chi connectivity index (χ0v) is 10.7. The summed E-state index contributed by atoms with van der Waals surface area (Å²) in [4.78, 5) is 0. The molecule has 0 aromatic heterocycles. The van der Waals surface area contributed by atoms with Gasteiger partial charge >= 0.3 is 0 Å². The number of aliphatic hydroxyl groups excluding tert-OH is 2. The SMILES string of the molecule is CC(C)NC(CC1CCCCC1)C(O)CO. The fourth-order valence-corrected chi connectivity index (χ4v) is 2.67. The maximum atomic E-state index is 9.78. The smallest absolute Gasteiger partial charge is 0.0923 e. The van der Waals surface area contributed by atoms with Crippen LogP contribution in [-0.2, 0) is 0 Å². The summed E-state index contributed by atoms with van der Waals surface area (Å²) < 4.78 is 0. The number of rotatable bonds is 6. The summed E-state index contributed by atoms with van der Waals surface area (Å²) in [6, 6.07) is 0.405. The topological polar surface area (TPSA) is 52.5 Å². The van der Waals surface area contributed by atoms with Crippen LogP contribution in [0.25, 0.3) is 0 Å². The highest BCUT2D eigenvalue weighted by Gasteiger charge is 2.24. The van der Waals surface area contributed by atoms with Crippen LogP contribution in [0.4, 0.5) is 0 Å². The van der Waals surface area contributed by atoms with Crippen molar-refractivity contribution in [3.05, 3.63) is 0 Å². The summed E-state index contributed by atoms with van der Waals surface area (Å²) in [5.74, 6) is 0.728. The minimum absolute atomic E-state index is 0.0492. The van der Waals surface area contributed by atoms with E-state index in [-0.39, 0.29) is 12.6 Å². The molecule has 0 aromatic rings. The predicted octanol–water partition coefficient (Wildman–Crippen LogP) is 1.68. The van der Waals surface area contributed by atoms with E-state index in [0.29, 0.717) is 6.04 Å². The van der Waals surface area contributed by atoms with Gasteiger partial charge in [0.2, 0.25) is 0 Å². The van der Waals surface area contributed by atoms with Crippen LogP contribution in [0.1, 0.15) is 52.4 Å². The summed E-state index contributed by atoms with van der Waals surface area (Å²) in [6.07, 6.45) is 6.97. The molecule has 0 bridgehead atoms. The Balaban J connectivity index is 2.41. The van der Waals surface area contributed by atoms with E-state index < -0.39 is 6.10 Å². The summed E-state index contributed by atoms with van der Waals surface area (Å²) in [5, 5.41) is 22.2. The van der Waals surface area contributed by atoms with Crippen LogP contribution < -0.4 is 5.32 Å². The van der Waals surface area contributed by atoms with Gasteiger partial charge in [0.1, 0.15) is 0 Å². The second-order valence-corrected chi connectivity index (χ2v) is 5.42. The standard InChI is InChI=1S/C13H27NO2/c1-10(2)14-12(13(16)9-15)8-11-6-4-3-5-7-11/h10-16H,3-9H2,1-2H3. The minimum Gasteiger partial charge on any atom is -0.394 e. The minimum atomic E-state index is -0.621. The molecule has 0 aliphatic heterocycles. The lowest BCUT2D eigenvalue weighted by Gasteiger charge is -2.30. The van der Waals surface area contributed by atoms with Gasteiger partial charge in [-0.25, -0.2) is 0 Å². The maximum Gasteiger partial charge on any atom is 0.0923 e. The van der Waals surface area contributed by atoms with E-state index in [1.807, 2.05) is 0 Å². The van der Waals surface area contributed by atoms with Crippen molar-refractivity contribution in [1.29, 1.82) is 0 Å². The quantitative estimate of drug-likeness (QED) is 0.649. The molecule has 3 nitrogen and oxygen atoms in total. The lowest BCUT2D eigenvalue weighted by molar-refractivity contribution is 0.0494. The van der Waals surface area contributed by atoms with Crippen molar-refractivity contribution in [2.75, 3.05) is 6.61 Å². The molecule has 2 unspecified atom stereocenters. The summed E-state index contributed by atoms with van der Waals surface area (Å²) in [7, 11) is 0. The van der Waals surface area contributed by atoms with Crippen LogP contribution in [0.3, 0.4) is 0 Å². The van der Waals surface area contributed by atoms with Crippen LogP contribution in [0.2, 0.25) is 0 Å². The zero-order chi connectivity index (χ0) is 12.0. The molecule has 0 radical (unpaired) electrons. The molecular weight excluding hydrogens is 202 g/mol. The van der Waals surface area contributed by atoms with Crippen LogP contribution in [-0.4, -0.2) is 35.0 Å². The maximum absolute atomic E-state index is 9.78. The molecule has 1 fully saturated rings. The Morgan fingerprint density at radius 2 is 1.81 bits per heavy atom. The third-order valence-corrected chi connectivity index (χ3v) is 3.51. The number of hydrogen-bond acceptors (Lipinski definition) is 3. The van der Waals surface area contributed by atoms with Crippen molar-refractivity contribution >= 4 is 0 Å². The van der Waals surface area contributed by atoms with Gasteiger partial charge in [-0.1, -0.05) is 46.0 Å². The molecule has 0 aromatic carbocycles. The Morgan fingerprint density at radius 1 is 1.19 bits per heavy atom. The fraction of sp³-hybridized carbons (Fsp3) is 1.00. The van der Waals surface area contributed by atoms with Crippen molar-refractivity contribution in [3.63, 3.8) is 0 Å². The lowest BCUT2D eigenvalue weighted by Crippen LogP contribution is -2.46. The van der Waals surface area contributed by atoms with Gasteiger partial charge in [-0.2, -0.15) is 0 Å². The normalized spacial score (nSPS) is 22.3. The molecule has 3 heteroatoms. The Hall–Kier alpha value is -0.120. The third kappa shape index (κ3) is 4.81. The van der Waals surface area contributed by atoms with Crippen molar-refractivity contribution in [2.24, 2.45) is 5.92 Å². The van der Waals surface area contributed by atoms with Crippen molar-refractivity contribution in [2.45, 2.75) is 70.6 Å². The largest absolute Gasteiger partial charge is 0.394 e. The van der Waals surface area contributed by atoms with Gasteiger partial charge in [-0.3, -0.25) is 0 Å². The first-order chi connectivity index (χ1) is 7.63. The van der Waals surface area contributed by atoms with E-state index in [0.717, 1.165) is 12.3 Å². The van der Waals surface area contributed by atoms with Crippen molar-refractivity contribution in [1.82, 2.24) is 5.32 Å². The third-order valence-electron chi connectivity index (χ3n) is 3.51. The Labute approximate surface area is 99.3 Å². The van der Waals surface area contributed by atoms with E-state index >= 15 is 0 Å². The first-order valence-corrected chi connectivity index (χ1v) is 6.68. The number of hydrogen-bond donors (Lipinski definition) is 3. The van der Waals surface area contributed by atoms with Gasteiger partial charge in [0.25, 0.3) is 0 Å². The zero-order valence-electron chi connectivity index (χ0n) is 10.7. The monoisotopic (exact) mass is 229 g/mol. The van der Waals surface area contributed by atoms with E-state index in [1.54, 1.807) is 0 Å². The summed E-state index contributed by atoms with van der Waals surface area (Å²) in [5.41, 5.74) is 0. The Morgan fingerprint density at radius 3 is 2.31 bits per heavy atom. The van der Waals surface area contributed by atoms with Crippen LogP contribution in [0, 0.1) is 5.92 Å². The van der Waals surface area contributed by atoms with Crippen LogP contribution in [0.5, 0.6) is 0 Å². The lowest BCUT2D eigenvalue weighted by atomic mass is 9.83. The second-order valence-electron chi connectivity index (χ2n) is 5.42. The van der Waals surface area contributed by atoms with Gasteiger partial charge in [-0.15, -0.1) is 0 Å². The van der Waals surface area contributed by atoms with E-state index in [2.05, 4.69) is 19.2 Å². The van der Waals surface area contributed by atoms with E-state index in [9.17, 15) is 5.11 Å². The highest BCUT2D eigenvalue weighted by Crippen LogP contribution is 2.28. The first-order valence-electron chi connectivity index (χ1n) is 6.68. The molecule has 16 heavy (non-hydrogen) atoms. The van der Waals surface area contributed by atoms with Crippen LogP contribution >= 0.6 is 0 Å². The molecular formula is C13H27NO2. The number of nitrogens with one attached hydrogen (secondary N) is 1. The van der Waals surface area contributed by atoms with Gasteiger partial charge in [-0.05, 0) is 12.3 Å². The summed E-state index contributed by atoms with van der Waals surface area (Å²) >= 11 is 0. The number of aliphatic hydroxyl groups is 2. The second kappa shape index (κ2) is 7.25. The van der Waals surface area contributed by atoms with Gasteiger partial charge in [0.05, 0.1) is 12.7 Å². The highest BCUT2D eigenvalue weighted by atomic mass is 16.3. The molecule has 0 spiro atoms. The highest BCUT2D eigenvalue weighted by molar-refractivity contribution is 4.81. The Bertz CT molecular complexity index is 179. The molecule has 96 valence electrons. The fourth-order valence-electron chi connectivity index (χ4n) is 2.67. The molecule has 3 N–H and O–H groups in total. The average molecular weight is 229 g/mol. The Kier molecular flexibility index (Phi) is 6.32. The predicted molar refractivity (Wildman–Crippen MR) is 66.3 cm³/mol. The molecule has 1 rings (SSSR count). The molecule has 1 aliphatic rings. The molecule has 2 atom stereocenters. The van der Waals surface area contributed by atoms with Crippen LogP contribution in [0.15, 0.2) is 0 Å². The summed E-state index contributed by atoms with van der Waals surface area (Å²) in [6.45, 7) is 4.02. The molecule has 1 aliphatic carbocycles. The van der Waals surface area contributed by atoms with Crippen molar-refractivity contribution in [3.8, 4) is 0 Å². The molecule has 0 saturated heterocycles. The van der Waals surface area contributed by atoms with Gasteiger partial charge in [0.15, 0.2) is 0 Å².